The molecular formula is C19H18F4N4O4. The highest BCUT2D eigenvalue weighted by molar-refractivity contribution is 6.02. The molecule has 3 rings (SSSR count). The number of anilines is 2. The zero-order valence-electron chi connectivity index (χ0n) is 15.9. The Labute approximate surface area is 174 Å². The van der Waals surface area contributed by atoms with E-state index in [2.05, 4.69) is 20.6 Å². The molecule has 2 amide bonds. The van der Waals surface area contributed by atoms with E-state index in [1.54, 1.807) is 0 Å². The molecule has 0 radical (unpaired) electrons. The van der Waals surface area contributed by atoms with Crippen LogP contribution in [0.3, 0.4) is 0 Å². The quantitative estimate of drug-likeness (QED) is 0.549. The number of rotatable bonds is 10. The number of nitrogens with zero attached hydrogens (tertiary/aromatic N) is 2. The summed E-state index contributed by atoms with van der Waals surface area (Å²) in [7, 11) is 0. The lowest BCUT2D eigenvalue weighted by atomic mass is 10.2. The van der Waals surface area contributed by atoms with Crippen LogP contribution in [0.2, 0.25) is 0 Å². The molecule has 1 fully saturated rings. The first kappa shape index (κ1) is 22.2. The Morgan fingerprint density at radius 2 is 1.26 bits per heavy atom. The number of alkyl halides is 4. The Balaban J connectivity index is 1.50. The van der Waals surface area contributed by atoms with Gasteiger partial charge in [0, 0.05) is 12.1 Å². The molecule has 1 saturated carbocycles. The van der Waals surface area contributed by atoms with Crippen molar-refractivity contribution >= 4 is 23.5 Å². The largest absolute Gasteiger partial charge is 0.472 e. The normalized spacial score (nSPS) is 17.4. The van der Waals surface area contributed by atoms with Crippen molar-refractivity contribution < 1.29 is 36.6 Å². The second-order valence-corrected chi connectivity index (χ2v) is 6.55. The van der Waals surface area contributed by atoms with E-state index in [0.717, 1.165) is 0 Å². The van der Waals surface area contributed by atoms with Crippen LogP contribution in [0, 0.1) is 11.8 Å². The molecule has 166 valence electrons. The van der Waals surface area contributed by atoms with E-state index in [9.17, 15) is 27.2 Å². The first-order valence-electron chi connectivity index (χ1n) is 9.19. The average Bonchev–Trinajstić information content (AvgIpc) is 3.53. The monoisotopic (exact) mass is 442 g/mol. The van der Waals surface area contributed by atoms with E-state index >= 15 is 0 Å². The minimum absolute atomic E-state index is 0.0665. The second-order valence-electron chi connectivity index (χ2n) is 6.55. The van der Waals surface area contributed by atoms with Crippen molar-refractivity contribution in [1.82, 2.24) is 9.97 Å². The molecule has 0 aromatic carbocycles. The van der Waals surface area contributed by atoms with Crippen molar-refractivity contribution in [2.75, 3.05) is 23.8 Å². The SMILES string of the molecule is O=C(Nc1cccc(OCC(F)F)n1)C1CC1C(=O)Nc1cccc(OCC(F)F)n1. The van der Waals surface area contributed by atoms with Crippen molar-refractivity contribution in [2.24, 2.45) is 11.8 Å². The molecule has 2 aromatic rings. The maximum Gasteiger partial charge on any atom is 0.272 e. The highest BCUT2D eigenvalue weighted by Gasteiger charge is 2.48. The lowest BCUT2D eigenvalue weighted by Gasteiger charge is -2.09. The first-order chi connectivity index (χ1) is 14.8. The van der Waals surface area contributed by atoms with Crippen molar-refractivity contribution in [3.63, 3.8) is 0 Å². The topological polar surface area (TPSA) is 102 Å². The number of aromatic nitrogens is 2. The minimum Gasteiger partial charge on any atom is -0.472 e. The van der Waals surface area contributed by atoms with E-state index in [-0.39, 0.29) is 23.4 Å². The highest BCUT2D eigenvalue weighted by atomic mass is 19.3. The van der Waals surface area contributed by atoms with Gasteiger partial charge in [-0.15, -0.1) is 0 Å². The number of halogens is 4. The number of hydrogen-bond donors (Lipinski definition) is 2. The van der Waals surface area contributed by atoms with Gasteiger partial charge in [-0.1, -0.05) is 12.1 Å². The van der Waals surface area contributed by atoms with Crippen LogP contribution in [0.15, 0.2) is 36.4 Å². The summed E-state index contributed by atoms with van der Waals surface area (Å²) in [6.07, 6.45) is -5.02. The average molecular weight is 442 g/mol. The van der Waals surface area contributed by atoms with Crippen molar-refractivity contribution in [3.05, 3.63) is 36.4 Å². The van der Waals surface area contributed by atoms with Gasteiger partial charge in [0.25, 0.3) is 12.9 Å². The Morgan fingerprint density at radius 3 is 1.65 bits per heavy atom. The standard InChI is InChI=1S/C19H18F4N4O4/c20-12(21)8-30-16-5-1-3-14(24-16)26-18(28)10-7-11(10)19(29)27-15-4-2-6-17(25-15)31-9-13(22)23/h1-6,10-13H,7-9H2,(H,24,26,28)(H,25,27,29). The molecule has 2 N–H and O–H groups in total. The Morgan fingerprint density at radius 1 is 0.839 bits per heavy atom. The van der Waals surface area contributed by atoms with Crippen LogP contribution in [0.5, 0.6) is 11.8 Å². The number of pyridine rings is 2. The molecule has 0 saturated heterocycles. The highest BCUT2D eigenvalue weighted by Crippen LogP contribution is 2.40. The Bertz CT molecular complexity index is 858. The number of carbonyl (C=O) groups is 2. The molecular weight excluding hydrogens is 424 g/mol. The molecule has 0 aliphatic heterocycles. The van der Waals surface area contributed by atoms with E-state index < -0.39 is 49.7 Å². The number of hydrogen-bond acceptors (Lipinski definition) is 6. The van der Waals surface area contributed by atoms with Gasteiger partial charge in [-0.05, 0) is 18.6 Å². The molecule has 2 atom stereocenters. The Hall–Kier alpha value is -3.44. The smallest absolute Gasteiger partial charge is 0.272 e. The molecule has 1 aliphatic rings. The van der Waals surface area contributed by atoms with Crippen LogP contribution < -0.4 is 20.1 Å². The van der Waals surface area contributed by atoms with E-state index in [0.29, 0.717) is 6.42 Å². The van der Waals surface area contributed by atoms with Gasteiger partial charge in [-0.3, -0.25) is 9.59 Å². The maximum atomic E-state index is 12.3. The minimum atomic E-state index is -2.66. The van der Waals surface area contributed by atoms with Crippen molar-refractivity contribution in [1.29, 1.82) is 0 Å². The lowest BCUT2D eigenvalue weighted by molar-refractivity contribution is -0.122. The van der Waals surface area contributed by atoms with Crippen molar-refractivity contribution in [3.8, 4) is 11.8 Å². The summed E-state index contributed by atoms with van der Waals surface area (Å²) in [6.45, 7) is -1.64. The third-order valence-electron chi connectivity index (χ3n) is 4.13. The fourth-order valence-corrected chi connectivity index (χ4v) is 2.64. The molecule has 2 aromatic heterocycles. The predicted molar refractivity (Wildman–Crippen MR) is 100 cm³/mol. The summed E-state index contributed by atoms with van der Waals surface area (Å²) >= 11 is 0. The summed E-state index contributed by atoms with van der Waals surface area (Å²) in [6, 6.07) is 8.62. The van der Waals surface area contributed by atoms with E-state index in [4.69, 9.17) is 9.47 Å². The lowest BCUT2D eigenvalue weighted by Crippen LogP contribution is -2.21. The fraction of sp³-hybridized carbons (Fsp3) is 0.368. The summed E-state index contributed by atoms with van der Waals surface area (Å²) in [4.78, 5) is 32.5. The number of ether oxygens (including phenoxy) is 2. The van der Waals surface area contributed by atoms with E-state index in [1.807, 2.05) is 0 Å². The van der Waals surface area contributed by atoms with Crippen LogP contribution >= 0.6 is 0 Å². The first-order valence-corrected chi connectivity index (χ1v) is 9.19. The molecule has 8 nitrogen and oxygen atoms in total. The molecule has 31 heavy (non-hydrogen) atoms. The van der Waals surface area contributed by atoms with Gasteiger partial charge < -0.3 is 20.1 Å². The molecule has 1 aliphatic carbocycles. The summed E-state index contributed by atoms with van der Waals surface area (Å²) in [5, 5.41) is 5.03. The van der Waals surface area contributed by atoms with Gasteiger partial charge in [0.05, 0.1) is 11.8 Å². The molecule has 2 heterocycles. The third-order valence-corrected chi connectivity index (χ3v) is 4.13. The number of nitrogens with one attached hydrogen (secondary N) is 2. The van der Waals surface area contributed by atoms with Gasteiger partial charge in [-0.25, -0.2) is 17.6 Å². The van der Waals surface area contributed by atoms with Crippen LogP contribution in [0.25, 0.3) is 0 Å². The van der Waals surface area contributed by atoms with Crippen LogP contribution in [0.1, 0.15) is 6.42 Å². The van der Waals surface area contributed by atoms with Gasteiger partial charge in [-0.2, -0.15) is 9.97 Å². The van der Waals surface area contributed by atoms with Gasteiger partial charge in [0.1, 0.15) is 11.6 Å². The van der Waals surface area contributed by atoms with Crippen LogP contribution in [0.4, 0.5) is 29.2 Å². The number of amides is 2. The summed E-state index contributed by atoms with van der Waals surface area (Å²) < 4.78 is 58.4. The maximum absolute atomic E-state index is 12.3. The molecule has 0 spiro atoms. The zero-order chi connectivity index (χ0) is 22.4. The van der Waals surface area contributed by atoms with Gasteiger partial charge in [0.15, 0.2) is 13.2 Å². The number of carbonyl (C=O) groups excluding carboxylic acids is 2. The summed E-state index contributed by atoms with van der Waals surface area (Å²) in [5.74, 6) is -2.05. The van der Waals surface area contributed by atoms with E-state index in [1.165, 1.54) is 36.4 Å². The zero-order valence-corrected chi connectivity index (χ0v) is 15.9. The predicted octanol–water partition coefficient (Wildman–Crippen LogP) is 2.98. The molecule has 0 bridgehead atoms. The van der Waals surface area contributed by atoms with Crippen LogP contribution in [-0.2, 0) is 9.59 Å². The van der Waals surface area contributed by atoms with Gasteiger partial charge >= 0.3 is 0 Å². The third kappa shape index (κ3) is 6.79. The van der Waals surface area contributed by atoms with Crippen molar-refractivity contribution in [2.45, 2.75) is 19.3 Å². The molecule has 12 heteroatoms. The van der Waals surface area contributed by atoms with Gasteiger partial charge in [0.2, 0.25) is 23.6 Å². The van der Waals surface area contributed by atoms with Crippen LogP contribution in [-0.4, -0.2) is 47.8 Å². The Kier molecular flexibility index (Phi) is 7.21. The fourth-order valence-electron chi connectivity index (χ4n) is 2.64. The second kappa shape index (κ2) is 10.0. The molecule has 2 unspecified atom stereocenters. The summed E-state index contributed by atoms with van der Waals surface area (Å²) in [5.41, 5.74) is 0.